The van der Waals surface area contributed by atoms with E-state index >= 15 is 0 Å². The molecule has 2 heterocycles. The summed E-state index contributed by atoms with van der Waals surface area (Å²) >= 11 is 2.08. The number of hydrogen-bond acceptors (Lipinski definition) is 4. The first-order valence-corrected chi connectivity index (χ1v) is 7.32. The van der Waals surface area contributed by atoms with Gasteiger partial charge in [0.15, 0.2) is 0 Å². The van der Waals surface area contributed by atoms with E-state index in [0.29, 0.717) is 6.04 Å². The van der Waals surface area contributed by atoms with Gasteiger partial charge >= 0.3 is 0 Å². The summed E-state index contributed by atoms with van der Waals surface area (Å²) in [6.45, 7) is 7.66. The normalized spacial score (nSPS) is 26.3. The summed E-state index contributed by atoms with van der Waals surface area (Å²) in [6.07, 6.45) is 1.80. The first-order chi connectivity index (χ1) is 8.22. The zero-order valence-electron chi connectivity index (χ0n) is 10.9. The minimum Gasteiger partial charge on any atom is -0.468 e. The van der Waals surface area contributed by atoms with E-state index in [1.54, 1.807) is 6.26 Å². The van der Waals surface area contributed by atoms with Crippen LogP contribution in [0.2, 0.25) is 0 Å². The van der Waals surface area contributed by atoms with Gasteiger partial charge in [-0.3, -0.25) is 4.90 Å². The van der Waals surface area contributed by atoms with Gasteiger partial charge < -0.3 is 9.73 Å². The summed E-state index contributed by atoms with van der Waals surface area (Å²) in [5, 5.41) is 3.88. The molecule has 0 saturated carbocycles. The van der Waals surface area contributed by atoms with Crippen LogP contribution in [0.25, 0.3) is 0 Å². The third-order valence-electron chi connectivity index (χ3n) is 3.56. The predicted molar refractivity (Wildman–Crippen MR) is 73.3 cm³/mol. The summed E-state index contributed by atoms with van der Waals surface area (Å²) in [5.74, 6) is 2.32. The lowest BCUT2D eigenvalue weighted by Gasteiger charge is -2.37. The topological polar surface area (TPSA) is 28.4 Å². The molecule has 3 nitrogen and oxygen atoms in total. The Labute approximate surface area is 108 Å². The van der Waals surface area contributed by atoms with Gasteiger partial charge in [0.2, 0.25) is 0 Å². The average molecular weight is 254 g/mol. The molecule has 0 amide bonds. The number of furan rings is 1. The molecule has 1 aromatic heterocycles. The maximum atomic E-state index is 5.51. The highest BCUT2D eigenvalue weighted by Gasteiger charge is 2.25. The highest BCUT2D eigenvalue weighted by atomic mass is 32.2. The Hall–Kier alpha value is -0.450. The van der Waals surface area contributed by atoms with E-state index in [1.807, 2.05) is 7.05 Å². The molecule has 1 aliphatic heterocycles. The molecular weight excluding hydrogens is 232 g/mol. The molecule has 0 aromatic carbocycles. The van der Waals surface area contributed by atoms with E-state index in [9.17, 15) is 0 Å². The lowest BCUT2D eigenvalue weighted by atomic mass is 10.1. The Bertz CT molecular complexity index is 353. The molecule has 2 rings (SSSR count). The van der Waals surface area contributed by atoms with Crippen molar-refractivity contribution < 1.29 is 4.42 Å². The van der Waals surface area contributed by atoms with E-state index in [2.05, 4.69) is 41.9 Å². The summed E-state index contributed by atoms with van der Waals surface area (Å²) in [6, 6.07) is 2.75. The lowest BCUT2D eigenvalue weighted by Crippen LogP contribution is -2.44. The zero-order valence-corrected chi connectivity index (χ0v) is 11.7. The van der Waals surface area contributed by atoms with Crippen LogP contribution in [0.3, 0.4) is 0 Å². The Morgan fingerprint density at radius 1 is 1.53 bits per heavy atom. The lowest BCUT2D eigenvalue weighted by molar-refractivity contribution is 0.203. The standard InChI is InChI=1S/C13H22N2OS/c1-10-11(2)17-7-5-15(10)9-12-4-6-16-13(12)8-14-3/h4,6,10-11,14H,5,7-9H2,1-3H3. The van der Waals surface area contributed by atoms with Crippen LogP contribution in [0, 0.1) is 0 Å². The van der Waals surface area contributed by atoms with Gasteiger partial charge in [0, 0.05) is 35.7 Å². The van der Waals surface area contributed by atoms with E-state index in [-0.39, 0.29) is 0 Å². The first-order valence-electron chi connectivity index (χ1n) is 6.28. The Morgan fingerprint density at radius 2 is 2.35 bits per heavy atom. The van der Waals surface area contributed by atoms with Crippen LogP contribution in [0.4, 0.5) is 0 Å². The van der Waals surface area contributed by atoms with Gasteiger partial charge in [0.25, 0.3) is 0 Å². The monoisotopic (exact) mass is 254 g/mol. The minimum atomic E-state index is 0.645. The molecule has 2 unspecified atom stereocenters. The van der Waals surface area contributed by atoms with Gasteiger partial charge in [-0.25, -0.2) is 0 Å². The first kappa shape index (κ1) is 13.0. The number of nitrogens with one attached hydrogen (secondary N) is 1. The van der Waals surface area contributed by atoms with Crippen LogP contribution in [-0.4, -0.2) is 35.5 Å². The van der Waals surface area contributed by atoms with Crippen molar-refractivity contribution in [1.82, 2.24) is 10.2 Å². The highest BCUT2D eigenvalue weighted by molar-refractivity contribution is 8.00. The zero-order chi connectivity index (χ0) is 12.3. The van der Waals surface area contributed by atoms with Crippen LogP contribution < -0.4 is 5.32 Å². The molecule has 4 heteroatoms. The molecule has 0 radical (unpaired) electrons. The van der Waals surface area contributed by atoms with Crippen molar-refractivity contribution in [2.45, 2.75) is 38.2 Å². The Balaban J connectivity index is 2.01. The minimum absolute atomic E-state index is 0.645. The van der Waals surface area contributed by atoms with Gasteiger partial charge in [-0.15, -0.1) is 0 Å². The smallest absolute Gasteiger partial charge is 0.122 e. The highest BCUT2D eigenvalue weighted by Crippen LogP contribution is 2.26. The SMILES string of the molecule is CNCc1occc1CN1CCSC(C)C1C. The second kappa shape index (κ2) is 5.94. The Kier molecular flexibility index (Phi) is 4.54. The van der Waals surface area contributed by atoms with Crippen molar-refractivity contribution >= 4 is 11.8 Å². The van der Waals surface area contributed by atoms with Crippen molar-refractivity contribution in [1.29, 1.82) is 0 Å². The van der Waals surface area contributed by atoms with Gasteiger partial charge in [0.1, 0.15) is 5.76 Å². The number of nitrogens with zero attached hydrogens (tertiary/aromatic N) is 1. The van der Waals surface area contributed by atoms with Crippen molar-refractivity contribution in [2.24, 2.45) is 0 Å². The fourth-order valence-electron chi connectivity index (χ4n) is 2.26. The Morgan fingerprint density at radius 3 is 3.12 bits per heavy atom. The molecule has 0 aliphatic carbocycles. The quantitative estimate of drug-likeness (QED) is 0.892. The van der Waals surface area contributed by atoms with E-state index in [4.69, 9.17) is 4.42 Å². The molecule has 1 aromatic rings. The summed E-state index contributed by atoms with van der Waals surface area (Å²) in [7, 11) is 1.95. The molecule has 1 saturated heterocycles. The number of thioether (sulfide) groups is 1. The van der Waals surface area contributed by atoms with Crippen molar-refractivity contribution in [2.75, 3.05) is 19.3 Å². The molecule has 96 valence electrons. The second-order valence-corrected chi connectivity index (χ2v) is 6.17. The number of rotatable bonds is 4. The largest absolute Gasteiger partial charge is 0.468 e. The van der Waals surface area contributed by atoms with E-state index in [1.165, 1.54) is 17.9 Å². The average Bonchev–Trinajstić information content (AvgIpc) is 2.73. The van der Waals surface area contributed by atoms with Gasteiger partial charge in [0.05, 0.1) is 12.8 Å². The molecular formula is C13H22N2OS. The third-order valence-corrected chi connectivity index (χ3v) is 4.90. The summed E-state index contributed by atoms with van der Waals surface area (Å²) in [4.78, 5) is 2.56. The summed E-state index contributed by atoms with van der Waals surface area (Å²) in [5.41, 5.74) is 1.32. The second-order valence-electron chi connectivity index (χ2n) is 4.69. The molecule has 1 N–H and O–H groups in total. The molecule has 17 heavy (non-hydrogen) atoms. The van der Waals surface area contributed by atoms with Gasteiger partial charge in [-0.2, -0.15) is 11.8 Å². The maximum absolute atomic E-state index is 5.51. The fourth-order valence-corrected chi connectivity index (χ4v) is 3.42. The predicted octanol–water partition coefficient (Wildman–Crippen LogP) is 2.32. The van der Waals surface area contributed by atoms with Crippen molar-refractivity contribution in [3.8, 4) is 0 Å². The van der Waals surface area contributed by atoms with Crippen LogP contribution in [0.1, 0.15) is 25.2 Å². The van der Waals surface area contributed by atoms with Gasteiger partial charge in [-0.05, 0) is 20.0 Å². The fraction of sp³-hybridized carbons (Fsp3) is 0.692. The molecule has 1 fully saturated rings. The molecule has 1 aliphatic rings. The van der Waals surface area contributed by atoms with Crippen molar-refractivity contribution in [3.63, 3.8) is 0 Å². The maximum Gasteiger partial charge on any atom is 0.122 e. The van der Waals surface area contributed by atoms with Crippen LogP contribution in [-0.2, 0) is 13.1 Å². The van der Waals surface area contributed by atoms with E-state index in [0.717, 1.165) is 24.1 Å². The third kappa shape index (κ3) is 3.06. The summed E-state index contributed by atoms with van der Waals surface area (Å²) < 4.78 is 5.51. The molecule has 2 atom stereocenters. The van der Waals surface area contributed by atoms with Crippen LogP contribution in [0.15, 0.2) is 16.7 Å². The van der Waals surface area contributed by atoms with Crippen LogP contribution >= 0.6 is 11.8 Å². The van der Waals surface area contributed by atoms with Gasteiger partial charge in [-0.1, -0.05) is 6.92 Å². The van der Waals surface area contributed by atoms with Crippen LogP contribution in [0.5, 0.6) is 0 Å². The molecule has 0 bridgehead atoms. The van der Waals surface area contributed by atoms with Crippen molar-refractivity contribution in [3.05, 3.63) is 23.7 Å². The molecule has 0 spiro atoms. The van der Waals surface area contributed by atoms with E-state index < -0.39 is 0 Å². The number of hydrogen-bond donors (Lipinski definition) is 1.